The Bertz CT molecular complexity index is 583. The molecule has 5 nitrogen and oxygen atoms in total. The van der Waals surface area contributed by atoms with Gasteiger partial charge in [-0.2, -0.15) is 4.98 Å². The molecule has 1 aliphatic carbocycles. The summed E-state index contributed by atoms with van der Waals surface area (Å²) in [5.41, 5.74) is 2.01. The van der Waals surface area contributed by atoms with E-state index in [1.807, 2.05) is 17.0 Å². The van der Waals surface area contributed by atoms with Crippen LogP contribution < -0.4 is 0 Å². The Hall–Kier alpha value is -1.91. The molecule has 0 fully saturated rings. The third-order valence-electron chi connectivity index (χ3n) is 3.25. The fourth-order valence-electron chi connectivity index (χ4n) is 2.39. The molecule has 0 saturated carbocycles. The predicted molar refractivity (Wildman–Crippen MR) is 64.5 cm³/mol. The molecule has 0 atom stereocenters. The molecule has 0 spiro atoms. The van der Waals surface area contributed by atoms with E-state index in [1.54, 1.807) is 6.92 Å². The number of aryl methyl sites for hydroxylation is 2. The monoisotopic (exact) mass is 245 g/mol. The van der Waals surface area contributed by atoms with Gasteiger partial charge in [0.25, 0.3) is 0 Å². The van der Waals surface area contributed by atoms with E-state index < -0.39 is 0 Å². The van der Waals surface area contributed by atoms with E-state index >= 15 is 0 Å². The summed E-state index contributed by atoms with van der Waals surface area (Å²) in [5, 5.41) is 3.76. The van der Waals surface area contributed by atoms with Crippen LogP contribution >= 0.6 is 0 Å². The number of Topliss-reactive ketones (excluding diaryl/α,β-unsaturated/α-hetero) is 1. The molecule has 0 amide bonds. The zero-order valence-corrected chi connectivity index (χ0v) is 10.3. The summed E-state index contributed by atoms with van der Waals surface area (Å²) in [4.78, 5) is 16.1. The van der Waals surface area contributed by atoms with E-state index in [9.17, 15) is 4.79 Å². The second-order valence-corrected chi connectivity index (χ2v) is 4.74. The highest BCUT2D eigenvalue weighted by Crippen LogP contribution is 2.21. The maximum atomic E-state index is 11.9. The smallest absolute Gasteiger partial charge is 0.246 e. The zero-order chi connectivity index (χ0) is 12.5. The van der Waals surface area contributed by atoms with Crippen molar-refractivity contribution in [1.82, 2.24) is 14.7 Å². The van der Waals surface area contributed by atoms with Crippen LogP contribution in [0.3, 0.4) is 0 Å². The summed E-state index contributed by atoms with van der Waals surface area (Å²) in [6, 6.07) is 0. The first-order chi connectivity index (χ1) is 8.72. The Balaban J connectivity index is 1.86. The molecule has 2 aromatic heterocycles. The van der Waals surface area contributed by atoms with Gasteiger partial charge in [-0.1, -0.05) is 5.16 Å². The molecule has 0 aromatic carbocycles. The molecule has 0 unspecified atom stereocenters. The summed E-state index contributed by atoms with van der Waals surface area (Å²) in [7, 11) is 0. The van der Waals surface area contributed by atoms with Gasteiger partial charge in [0, 0.05) is 24.4 Å². The molecule has 0 saturated heterocycles. The molecule has 1 aliphatic rings. The average molecular weight is 245 g/mol. The Labute approximate surface area is 105 Å². The van der Waals surface area contributed by atoms with E-state index in [1.165, 1.54) is 0 Å². The number of hydrogen-bond acceptors (Lipinski definition) is 4. The van der Waals surface area contributed by atoms with Crippen molar-refractivity contribution in [2.45, 2.75) is 39.2 Å². The number of rotatable bonds is 2. The average Bonchev–Trinajstić information content (AvgIpc) is 2.88. The number of carbonyl (C=O) groups is 1. The first-order valence-electron chi connectivity index (χ1n) is 6.23. The van der Waals surface area contributed by atoms with Crippen LogP contribution in [0.2, 0.25) is 0 Å². The predicted octanol–water partition coefficient (Wildman–Crippen LogP) is 2.14. The minimum Gasteiger partial charge on any atom is -0.344 e. The van der Waals surface area contributed by atoms with Crippen LogP contribution in [-0.2, 0) is 13.0 Å². The van der Waals surface area contributed by atoms with Crippen molar-refractivity contribution in [3.63, 3.8) is 0 Å². The quantitative estimate of drug-likeness (QED) is 0.760. The van der Waals surface area contributed by atoms with Gasteiger partial charge in [0.15, 0.2) is 11.6 Å². The fraction of sp³-hybridized carbons (Fsp3) is 0.462. The van der Waals surface area contributed by atoms with Crippen LogP contribution in [-0.4, -0.2) is 20.5 Å². The van der Waals surface area contributed by atoms with Gasteiger partial charge in [0.05, 0.1) is 0 Å². The number of ketones is 1. The number of nitrogens with zero attached hydrogens (tertiary/aromatic N) is 3. The van der Waals surface area contributed by atoms with Crippen LogP contribution in [0.4, 0.5) is 0 Å². The Morgan fingerprint density at radius 3 is 2.94 bits per heavy atom. The van der Waals surface area contributed by atoms with Crippen molar-refractivity contribution in [2.24, 2.45) is 0 Å². The van der Waals surface area contributed by atoms with Crippen LogP contribution in [0.25, 0.3) is 0 Å². The van der Waals surface area contributed by atoms with E-state index in [0.29, 0.717) is 24.7 Å². The SMILES string of the molecule is Cc1noc(Cn2cc3c(c2)C(=O)CCCC3)n1. The Morgan fingerprint density at radius 2 is 2.17 bits per heavy atom. The van der Waals surface area contributed by atoms with Gasteiger partial charge in [-0.3, -0.25) is 4.79 Å². The number of fused-ring (bicyclic) bond motifs is 1. The molecule has 2 heterocycles. The lowest BCUT2D eigenvalue weighted by molar-refractivity contribution is 0.0982. The maximum absolute atomic E-state index is 11.9. The lowest BCUT2D eigenvalue weighted by Gasteiger charge is -1.97. The van der Waals surface area contributed by atoms with Crippen molar-refractivity contribution in [3.8, 4) is 0 Å². The molecule has 18 heavy (non-hydrogen) atoms. The fourth-order valence-corrected chi connectivity index (χ4v) is 2.39. The highest BCUT2D eigenvalue weighted by Gasteiger charge is 2.18. The molecule has 0 N–H and O–H groups in total. The molecule has 94 valence electrons. The van der Waals surface area contributed by atoms with Gasteiger partial charge < -0.3 is 9.09 Å². The first kappa shape index (κ1) is 11.2. The minimum absolute atomic E-state index is 0.253. The van der Waals surface area contributed by atoms with Crippen LogP contribution in [0.1, 0.15) is 46.9 Å². The van der Waals surface area contributed by atoms with E-state index in [4.69, 9.17) is 4.52 Å². The summed E-state index contributed by atoms with van der Waals surface area (Å²) in [5.74, 6) is 1.46. The van der Waals surface area contributed by atoms with Gasteiger partial charge >= 0.3 is 0 Å². The van der Waals surface area contributed by atoms with E-state index in [0.717, 1.165) is 30.4 Å². The molecular weight excluding hydrogens is 230 g/mol. The van der Waals surface area contributed by atoms with Crippen molar-refractivity contribution in [3.05, 3.63) is 35.2 Å². The lowest BCUT2D eigenvalue weighted by Crippen LogP contribution is -1.99. The number of aromatic nitrogens is 3. The van der Waals surface area contributed by atoms with Crippen molar-refractivity contribution in [1.29, 1.82) is 0 Å². The Kier molecular flexibility index (Phi) is 2.74. The van der Waals surface area contributed by atoms with Crippen LogP contribution in [0, 0.1) is 6.92 Å². The number of hydrogen-bond donors (Lipinski definition) is 0. The third-order valence-corrected chi connectivity index (χ3v) is 3.25. The largest absolute Gasteiger partial charge is 0.344 e. The van der Waals surface area contributed by atoms with Gasteiger partial charge in [0.2, 0.25) is 5.89 Å². The highest BCUT2D eigenvalue weighted by atomic mass is 16.5. The molecule has 5 heteroatoms. The van der Waals surface area contributed by atoms with Crippen LogP contribution in [0.5, 0.6) is 0 Å². The standard InChI is InChI=1S/C13H15N3O2/c1-9-14-13(18-15-9)8-16-6-10-4-2-3-5-12(17)11(10)7-16/h6-7H,2-5,8H2,1H3. The van der Waals surface area contributed by atoms with Gasteiger partial charge in [0.1, 0.15) is 6.54 Å². The van der Waals surface area contributed by atoms with Crippen molar-refractivity contribution < 1.29 is 9.32 Å². The first-order valence-corrected chi connectivity index (χ1v) is 6.23. The number of carbonyl (C=O) groups excluding carboxylic acids is 1. The molecular formula is C13H15N3O2. The highest BCUT2D eigenvalue weighted by molar-refractivity contribution is 5.97. The van der Waals surface area contributed by atoms with Crippen molar-refractivity contribution >= 4 is 5.78 Å². The second-order valence-electron chi connectivity index (χ2n) is 4.74. The topological polar surface area (TPSA) is 60.9 Å². The van der Waals surface area contributed by atoms with Crippen LogP contribution in [0.15, 0.2) is 16.9 Å². The lowest BCUT2D eigenvalue weighted by atomic mass is 10.1. The van der Waals surface area contributed by atoms with Gasteiger partial charge in [-0.05, 0) is 31.7 Å². The molecule has 3 rings (SSSR count). The molecule has 2 aromatic rings. The summed E-state index contributed by atoms with van der Waals surface area (Å²) in [6.07, 6.45) is 7.66. The van der Waals surface area contributed by atoms with Gasteiger partial charge in [-0.25, -0.2) is 0 Å². The zero-order valence-electron chi connectivity index (χ0n) is 10.3. The minimum atomic E-state index is 0.253. The summed E-state index contributed by atoms with van der Waals surface area (Å²) < 4.78 is 7.04. The Morgan fingerprint density at radius 1 is 1.33 bits per heavy atom. The summed E-state index contributed by atoms with van der Waals surface area (Å²) >= 11 is 0. The van der Waals surface area contributed by atoms with E-state index in [2.05, 4.69) is 10.1 Å². The molecule has 0 radical (unpaired) electrons. The maximum Gasteiger partial charge on any atom is 0.246 e. The van der Waals surface area contributed by atoms with E-state index in [-0.39, 0.29) is 5.78 Å². The second kappa shape index (κ2) is 4.40. The van der Waals surface area contributed by atoms with Crippen molar-refractivity contribution in [2.75, 3.05) is 0 Å². The molecule has 0 aliphatic heterocycles. The third kappa shape index (κ3) is 2.08. The van der Waals surface area contributed by atoms with Gasteiger partial charge in [-0.15, -0.1) is 0 Å². The normalized spacial score (nSPS) is 15.5. The summed E-state index contributed by atoms with van der Waals surface area (Å²) in [6.45, 7) is 2.32. The molecule has 0 bridgehead atoms.